The molecule has 3 heterocycles. The largest absolute Gasteiger partial charge is 0.456 e. The van der Waals surface area contributed by atoms with Crippen LogP contribution in [0.3, 0.4) is 0 Å². The van der Waals surface area contributed by atoms with E-state index in [4.69, 9.17) is 23.8 Å². The third-order valence-electron chi connectivity index (χ3n) is 9.36. The molecule has 0 saturated carbocycles. The monoisotopic (exact) mass is 641 g/mol. The second kappa shape index (κ2) is 11.4. The Hall–Kier alpha value is -6.85. The number of para-hydroxylation sites is 3. The van der Waals surface area contributed by atoms with E-state index in [1.54, 1.807) is 0 Å². The Balaban J connectivity index is 1.25. The van der Waals surface area contributed by atoms with Gasteiger partial charge in [-0.25, -0.2) is 15.0 Å². The minimum Gasteiger partial charge on any atom is -0.456 e. The predicted molar refractivity (Wildman–Crippen MR) is 202 cm³/mol. The normalized spacial score (nSPS) is 11.6. The van der Waals surface area contributed by atoms with Crippen molar-refractivity contribution in [1.82, 2.24) is 15.0 Å². The fourth-order valence-electron chi connectivity index (χ4n) is 6.94. The molecule has 0 aliphatic heterocycles. The summed E-state index contributed by atoms with van der Waals surface area (Å²) in [6, 6.07) is 55.7. The molecule has 0 bridgehead atoms. The average molecular weight is 642 g/mol. The molecular weight excluding hydrogens is 615 g/mol. The van der Waals surface area contributed by atoms with E-state index in [0.717, 1.165) is 82.8 Å². The zero-order chi connectivity index (χ0) is 33.0. The molecule has 3 aromatic heterocycles. The minimum atomic E-state index is 0.581. The SMILES string of the molecule is c1ccc(-c2nc(-c3ccccc3)nc(-c3cc(-c4ccc5oc6ccccc6c5c4)ccc3-c3cccc4c3oc3ccccc34)n2)cc1. The molecular formula is C45H27N3O2. The number of benzene rings is 7. The summed E-state index contributed by atoms with van der Waals surface area (Å²) in [6.45, 7) is 0. The zero-order valence-electron chi connectivity index (χ0n) is 26.7. The third-order valence-corrected chi connectivity index (χ3v) is 9.36. The van der Waals surface area contributed by atoms with Crippen LogP contribution in [0.4, 0.5) is 0 Å². The van der Waals surface area contributed by atoms with Crippen LogP contribution < -0.4 is 0 Å². The first kappa shape index (κ1) is 28.2. The lowest BCUT2D eigenvalue weighted by atomic mass is 9.93. The van der Waals surface area contributed by atoms with Crippen LogP contribution in [0.25, 0.3) is 100 Å². The van der Waals surface area contributed by atoms with Gasteiger partial charge in [0, 0.05) is 43.8 Å². The van der Waals surface area contributed by atoms with E-state index < -0.39 is 0 Å². The van der Waals surface area contributed by atoms with Gasteiger partial charge in [-0.1, -0.05) is 133 Å². The fourth-order valence-corrected chi connectivity index (χ4v) is 6.94. The summed E-state index contributed by atoms with van der Waals surface area (Å²) in [4.78, 5) is 15.3. The molecule has 0 aliphatic rings. The molecule has 0 unspecified atom stereocenters. The summed E-state index contributed by atoms with van der Waals surface area (Å²) in [5.74, 6) is 1.80. The maximum Gasteiger partial charge on any atom is 0.164 e. The van der Waals surface area contributed by atoms with Crippen molar-refractivity contribution in [3.05, 3.63) is 164 Å². The van der Waals surface area contributed by atoms with Gasteiger partial charge >= 0.3 is 0 Å². The van der Waals surface area contributed by atoms with Crippen LogP contribution in [-0.4, -0.2) is 15.0 Å². The molecule has 0 spiro atoms. The molecule has 10 rings (SSSR count). The van der Waals surface area contributed by atoms with Crippen molar-refractivity contribution in [3.63, 3.8) is 0 Å². The standard InChI is InChI=1S/C45H27N3O2/c1-3-12-28(13-4-1)43-46-44(29-14-5-2-6-15-29)48-45(47-43)38-27-30(31-23-25-41-37(26-31)34-17-8-9-20-39(34)49-41)22-24-32(38)35-18-11-19-36-33-16-7-10-21-40(33)50-42(35)36/h1-27H. The fraction of sp³-hybridized carbons (Fsp3) is 0. The zero-order valence-corrected chi connectivity index (χ0v) is 26.7. The molecule has 5 heteroatoms. The smallest absolute Gasteiger partial charge is 0.164 e. The van der Waals surface area contributed by atoms with Crippen molar-refractivity contribution in [1.29, 1.82) is 0 Å². The van der Waals surface area contributed by atoms with E-state index in [2.05, 4.69) is 66.7 Å². The Morgan fingerprint density at radius 3 is 1.56 bits per heavy atom. The highest BCUT2D eigenvalue weighted by atomic mass is 16.3. The number of nitrogens with zero attached hydrogens (tertiary/aromatic N) is 3. The quantitative estimate of drug-likeness (QED) is 0.187. The van der Waals surface area contributed by atoms with Gasteiger partial charge in [0.1, 0.15) is 22.3 Å². The highest BCUT2D eigenvalue weighted by Crippen LogP contribution is 2.42. The highest BCUT2D eigenvalue weighted by Gasteiger charge is 2.20. The van der Waals surface area contributed by atoms with Crippen molar-refractivity contribution in [2.24, 2.45) is 0 Å². The van der Waals surface area contributed by atoms with Gasteiger partial charge < -0.3 is 8.83 Å². The molecule has 0 radical (unpaired) electrons. The minimum absolute atomic E-state index is 0.581. The lowest BCUT2D eigenvalue weighted by Crippen LogP contribution is -2.01. The summed E-state index contributed by atoms with van der Waals surface area (Å²) in [5.41, 5.74) is 10.2. The number of aromatic nitrogens is 3. The van der Waals surface area contributed by atoms with E-state index >= 15 is 0 Å². The van der Waals surface area contributed by atoms with E-state index in [0.29, 0.717) is 17.5 Å². The molecule has 0 fully saturated rings. The summed E-state index contributed by atoms with van der Waals surface area (Å²) >= 11 is 0. The Morgan fingerprint density at radius 2 is 0.840 bits per heavy atom. The predicted octanol–water partition coefficient (Wildman–Crippen LogP) is 12.0. The van der Waals surface area contributed by atoms with Gasteiger partial charge in [-0.3, -0.25) is 0 Å². The lowest BCUT2D eigenvalue weighted by molar-refractivity contribution is 0.669. The first-order chi connectivity index (χ1) is 24.8. The van der Waals surface area contributed by atoms with E-state index in [-0.39, 0.29) is 0 Å². The topological polar surface area (TPSA) is 65.0 Å². The molecule has 0 amide bonds. The van der Waals surface area contributed by atoms with E-state index in [1.165, 1.54) is 0 Å². The van der Waals surface area contributed by atoms with Crippen LogP contribution in [0.5, 0.6) is 0 Å². The number of rotatable bonds is 5. The van der Waals surface area contributed by atoms with Crippen molar-refractivity contribution < 1.29 is 8.83 Å². The van der Waals surface area contributed by atoms with E-state index in [9.17, 15) is 0 Å². The number of furan rings is 2. The van der Waals surface area contributed by atoms with Gasteiger partial charge in [0.25, 0.3) is 0 Å². The van der Waals surface area contributed by atoms with Crippen LogP contribution in [0, 0.1) is 0 Å². The van der Waals surface area contributed by atoms with Crippen molar-refractivity contribution >= 4 is 43.9 Å². The molecule has 234 valence electrons. The lowest BCUT2D eigenvalue weighted by Gasteiger charge is -2.14. The van der Waals surface area contributed by atoms with Gasteiger partial charge in [0.2, 0.25) is 0 Å². The highest BCUT2D eigenvalue weighted by molar-refractivity contribution is 6.11. The number of hydrogen-bond acceptors (Lipinski definition) is 5. The molecule has 50 heavy (non-hydrogen) atoms. The molecule has 0 N–H and O–H groups in total. The van der Waals surface area contributed by atoms with Gasteiger partial charge in [-0.05, 0) is 47.0 Å². The Labute approximate surface area is 287 Å². The van der Waals surface area contributed by atoms with Crippen LogP contribution in [-0.2, 0) is 0 Å². The summed E-state index contributed by atoms with van der Waals surface area (Å²) < 4.78 is 12.7. The van der Waals surface area contributed by atoms with Crippen LogP contribution in [0.1, 0.15) is 0 Å². The Morgan fingerprint density at radius 1 is 0.300 bits per heavy atom. The number of fused-ring (bicyclic) bond motifs is 6. The van der Waals surface area contributed by atoms with Crippen molar-refractivity contribution in [2.75, 3.05) is 0 Å². The summed E-state index contributed by atoms with van der Waals surface area (Å²) in [5, 5.41) is 4.32. The average Bonchev–Trinajstić information content (AvgIpc) is 3.76. The summed E-state index contributed by atoms with van der Waals surface area (Å²) in [6.07, 6.45) is 0. The molecule has 0 saturated heterocycles. The van der Waals surface area contributed by atoms with Crippen molar-refractivity contribution in [2.45, 2.75) is 0 Å². The number of hydrogen-bond donors (Lipinski definition) is 0. The first-order valence-corrected chi connectivity index (χ1v) is 16.6. The molecule has 5 nitrogen and oxygen atoms in total. The van der Waals surface area contributed by atoms with Crippen LogP contribution in [0.2, 0.25) is 0 Å². The molecule has 10 aromatic rings. The van der Waals surface area contributed by atoms with Crippen LogP contribution >= 0.6 is 0 Å². The van der Waals surface area contributed by atoms with Gasteiger partial charge in [-0.15, -0.1) is 0 Å². The Bertz CT molecular complexity index is 2810. The maximum absolute atomic E-state index is 6.55. The molecule has 7 aromatic carbocycles. The van der Waals surface area contributed by atoms with Crippen molar-refractivity contribution in [3.8, 4) is 56.4 Å². The first-order valence-electron chi connectivity index (χ1n) is 16.6. The maximum atomic E-state index is 6.55. The Kier molecular flexibility index (Phi) is 6.42. The molecule has 0 atom stereocenters. The second-order valence-corrected chi connectivity index (χ2v) is 12.4. The molecule has 0 aliphatic carbocycles. The van der Waals surface area contributed by atoms with Gasteiger partial charge in [0.15, 0.2) is 17.5 Å². The van der Waals surface area contributed by atoms with Gasteiger partial charge in [0.05, 0.1) is 0 Å². The third kappa shape index (κ3) is 4.67. The van der Waals surface area contributed by atoms with Gasteiger partial charge in [-0.2, -0.15) is 0 Å². The second-order valence-electron chi connectivity index (χ2n) is 12.4. The van der Waals surface area contributed by atoms with Crippen LogP contribution in [0.15, 0.2) is 173 Å². The van der Waals surface area contributed by atoms with E-state index in [1.807, 2.05) is 97.1 Å². The summed E-state index contributed by atoms with van der Waals surface area (Å²) in [7, 11) is 0.